The Morgan fingerprint density at radius 1 is 1.06 bits per heavy atom. The fourth-order valence-electron chi connectivity index (χ4n) is 3.93. The molecule has 0 radical (unpaired) electrons. The summed E-state index contributed by atoms with van der Waals surface area (Å²) in [5, 5.41) is 2.11. The second kappa shape index (κ2) is 13.1. The fraction of sp³-hybridized carbons (Fsp3) is 0.367. The van der Waals surface area contributed by atoms with Crippen molar-refractivity contribution in [2.45, 2.75) is 64.9 Å². The highest BCUT2D eigenvalue weighted by molar-refractivity contribution is 5.87. The van der Waals surface area contributed by atoms with Gasteiger partial charge in [-0.05, 0) is 79.8 Å². The number of hydrogen-bond donors (Lipinski definition) is 0. The molecule has 33 heavy (non-hydrogen) atoms. The summed E-state index contributed by atoms with van der Waals surface area (Å²) in [6.07, 6.45) is 15.9. The quantitative estimate of drug-likeness (QED) is 0.194. The van der Waals surface area contributed by atoms with Crippen LogP contribution >= 0.6 is 0 Å². The van der Waals surface area contributed by atoms with E-state index in [1.165, 1.54) is 12.8 Å². The van der Waals surface area contributed by atoms with Crippen LogP contribution < -0.4 is 0 Å². The third kappa shape index (κ3) is 7.64. The van der Waals surface area contributed by atoms with Crippen LogP contribution in [0.3, 0.4) is 0 Å². The molecule has 3 heteroatoms. The second-order valence-electron chi connectivity index (χ2n) is 8.70. The van der Waals surface area contributed by atoms with Crippen molar-refractivity contribution in [2.24, 2.45) is 0 Å². The number of aromatic nitrogens is 1. The Hall–Kier alpha value is -2.78. The van der Waals surface area contributed by atoms with Crippen LogP contribution in [-0.4, -0.2) is 17.7 Å². The minimum absolute atomic E-state index is 0.249. The van der Waals surface area contributed by atoms with E-state index in [1.807, 2.05) is 18.3 Å². The van der Waals surface area contributed by atoms with Gasteiger partial charge in [0.05, 0.1) is 11.8 Å². The number of allylic oxidation sites excluding steroid dienone is 2. The molecule has 0 fully saturated rings. The minimum Gasteiger partial charge on any atom is -0.379 e. The van der Waals surface area contributed by atoms with E-state index in [4.69, 9.17) is 4.74 Å². The number of nitrogens with zero attached hydrogens (tertiary/aromatic N) is 1. The van der Waals surface area contributed by atoms with Gasteiger partial charge in [-0.3, -0.25) is 4.98 Å². The van der Waals surface area contributed by atoms with Gasteiger partial charge in [-0.15, -0.1) is 6.58 Å². The van der Waals surface area contributed by atoms with Crippen molar-refractivity contribution < 1.29 is 9.13 Å². The molecular formula is C30H36FNO. The Balaban J connectivity index is 1.56. The molecule has 0 aliphatic rings. The molecule has 0 saturated carbocycles. The van der Waals surface area contributed by atoms with Crippen molar-refractivity contribution in [1.29, 1.82) is 0 Å². The van der Waals surface area contributed by atoms with E-state index in [-0.39, 0.29) is 5.82 Å². The van der Waals surface area contributed by atoms with Crippen LogP contribution in [0.4, 0.5) is 4.39 Å². The van der Waals surface area contributed by atoms with E-state index in [0.717, 1.165) is 54.2 Å². The minimum atomic E-state index is -0.249. The first-order valence-corrected chi connectivity index (χ1v) is 12.2. The van der Waals surface area contributed by atoms with Crippen LogP contribution in [0.5, 0.6) is 0 Å². The highest BCUT2D eigenvalue weighted by atomic mass is 19.1. The number of pyridine rings is 1. The molecule has 1 aromatic heterocycles. The van der Waals surface area contributed by atoms with Crippen molar-refractivity contribution in [3.8, 4) is 11.3 Å². The Kier molecular flexibility index (Phi) is 9.83. The smallest absolute Gasteiger partial charge is 0.132 e. The monoisotopic (exact) mass is 445 g/mol. The van der Waals surface area contributed by atoms with Crippen LogP contribution in [0.2, 0.25) is 0 Å². The molecule has 0 bridgehead atoms. The van der Waals surface area contributed by atoms with Gasteiger partial charge < -0.3 is 4.74 Å². The molecule has 0 aliphatic carbocycles. The molecular weight excluding hydrogens is 409 g/mol. The normalized spacial score (nSPS) is 12.5. The number of rotatable bonds is 13. The third-order valence-electron chi connectivity index (χ3n) is 5.88. The maximum atomic E-state index is 14.6. The molecule has 174 valence electrons. The lowest BCUT2D eigenvalue weighted by molar-refractivity contribution is 0.0566. The molecule has 2 nitrogen and oxygen atoms in total. The van der Waals surface area contributed by atoms with Crippen LogP contribution in [0.25, 0.3) is 28.1 Å². The zero-order valence-electron chi connectivity index (χ0n) is 20.0. The van der Waals surface area contributed by atoms with Crippen LogP contribution in [0.1, 0.15) is 63.5 Å². The Labute approximate surface area is 198 Å². The molecule has 2 aromatic carbocycles. The lowest BCUT2D eigenvalue weighted by atomic mass is 10.0. The van der Waals surface area contributed by atoms with Gasteiger partial charge in [0.2, 0.25) is 0 Å². The highest BCUT2D eigenvalue weighted by Gasteiger charge is 2.08. The van der Waals surface area contributed by atoms with Gasteiger partial charge in [0.25, 0.3) is 0 Å². The van der Waals surface area contributed by atoms with Crippen LogP contribution in [-0.2, 0) is 11.2 Å². The Morgan fingerprint density at radius 2 is 1.94 bits per heavy atom. The number of benzene rings is 2. The molecule has 0 N–H and O–H groups in total. The summed E-state index contributed by atoms with van der Waals surface area (Å²) in [5.41, 5.74) is 3.25. The van der Waals surface area contributed by atoms with E-state index in [0.29, 0.717) is 23.8 Å². The predicted molar refractivity (Wildman–Crippen MR) is 139 cm³/mol. The molecule has 1 unspecified atom stereocenters. The number of ether oxygens (including phenoxy) is 1. The first-order valence-electron chi connectivity index (χ1n) is 12.2. The summed E-state index contributed by atoms with van der Waals surface area (Å²) in [6, 6.07) is 13.6. The number of fused-ring (bicyclic) bond motifs is 1. The summed E-state index contributed by atoms with van der Waals surface area (Å²) in [6.45, 7) is 8.97. The molecule has 1 atom stereocenters. The summed E-state index contributed by atoms with van der Waals surface area (Å²) >= 11 is 0. The maximum Gasteiger partial charge on any atom is 0.132 e. The summed E-state index contributed by atoms with van der Waals surface area (Å²) < 4.78 is 20.4. The second-order valence-corrected chi connectivity index (χ2v) is 8.70. The zero-order valence-corrected chi connectivity index (χ0v) is 20.0. The van der Waals surface area contributed by atoms with E-state index in [1.54, 1.807) is 18.2 Å². The average molecular weight is 446 g/mol. The van der Waals surface area contributed by atoms with Gasteiger partial charge in [0, 0.05) is 23.8 Å². The SMILES string of the molecule is C=CCc1ccc(-c2cc3ccc(/C=C/CCCC(C)OCCCCC)cc3cn2)c(F)c1. The van der Waals surface area contributed by atoms with Crippen molar-refractivity contribution >= 4 is 16.8 Å². The molecule has 3 aromatic rings. The summed E-state index contributed by atoms with van der Waals surface area (Å²) in [7, 11) is 0. The molecule has 0 spiro atoms. The highest BCUT2D eigenvalue weighted by Crippen LogP contribution is 2.26. The van der Waals surface area contributed by atoms with E-state index >= 15 is 0 Å². The number of hydrogen-bond acceptors (Lipinski definition) is 2. The third-order valence-corrected chi connectivity index (χ3v) is 5.88. The number of halogens is 1. The first kappa shape index (κ1) is 24.9. The summed E-state index contributed by atoms with van der Waals surface area (Å²) in [5.74, 6) is -0.249. The molecule has 1 heterocycles. The van der Waals surface area contributed by atoms with Crippen molar-refractivity contribution in [3.63, 3.8) is 0 Å². The molecule has 0 saturated heterocycles. The lowest BCUT2D eigenvalue weighted by Crippen LogP contribution is -2.08. The topological polar surface area (TPSA) is 22.1 Å². The van der Waals surface area contributed by atoms with Crippen molar-refractivity contribution in [1.82, 2.24) is 4.98 Å². The van der Waals surface area contributed by atoms with Crippen LogP contribution in [0.15, 0.2) is 67.4 Å². The predicted octanol–water partition coefficient (Wildman–Crippen LogP) is 8.55. The van der Waals surface area contributed by atoms with Gasteiger partial charge in [0.1, 0.15) is 5.82 Å². The van der Waals surface area contributed by atoms with Crippen LogP contribution in [0, 0.1) is 5.82 Å². The van der Waals surface area contributed by atoms with E-state index < -0.39 is 0 Å². The van der Waals surface area contributed by atoms with Gasteiger partial charge >= 0.3 is 0 Å². The largest absolute Gasteiger partial charge is 0.379 e. The van der Waals surface area contributed by atoms with Gasteiger partial charge in [-0.25, -0.2) is 4.39 Å². The average Bonchev–Trinajstić information content (AvgIpc) is 2.81. The zero-order chi connectivity index (χ0) is 23.5. The number of unbranched alkanes of at least 4 members (excludes halogenated alkanes) is 3. The molecule has 3 rings (SSSR count). The van der Waals surface area contributed by atoms with Crippen molar-refractivity contribution in [2.75, 3.05) is 6.61 Å². The standard InChI is InChI=1S/C30H36FNO/c1-4-6-10-18-33-23(3)12-8-7-9-13-25-14-16-26-21-30(32-22-27(26)19-25)28-17-15-24(11-5-2)20-29(28)31/h5,9,13-17,19-23H,2,4,6-8,10-12,18H2,1,3H3/b13-9+. The molecule has 0 aliphatic heterocycles. The summed E-state index contributed by atoms with van der Waals surface area (Å²) in [4.78, 5) is 4.52. The van der Waals surface area contributed by atoms with Gasteiger partial charge in [-0.2, -0.15) is 0 Å². The Bertz CT molecular complexity index is 1070. The van der Waals surface area contributed by atoms with Crippen molar-refractivity contribution in [3.05, 3.63) is 84.3 Å². The fourth-order valence-corrected chi connectivity index (χ4v) is 3.93. The first-order chi connectivity index (χ1) is 16.1. The van der Waals surface area contributed by atoms with Gasteiger partial charge in [-0.1, -0.05) is 56.2 Å². The maximum absolute atomic E-state index is 14.6. The Morgan fingerprint density at radius 3 is 2.73 bits per heavy atom. The van der Waals surface area contributed by atoms with E-state index in [9.17, 15) is 4.39 Å². The molecule has 0 amide bonds. The van der Waals surface area contributed by atoms with Gasteiger partial charge in [0.15, 0.2) is 0 Å². The lowest BCUT2D eigenvalue weighted by Gasteiger charge is -2.12. The van der Waals surface area contributed by atoms with E-state index in [2.05, 4.69) is 55.8 Å².